The third-order valence-electron chi connectivity index (χ3n) is 11.0. The minimum Gasteiger partial charge on any atom is -0.465 e. The topological polar surface area (TPSA) is 69.7 Å². The molecule has 5 saturated carbocycles. The van der Waals surface area contributed by atoms with Crippen molar-refractivity contribution >= 4 is 17.7 Å². The summed E-state index contributed by atoms with van der Waals surface area (Å²) in [5.74, 6) is 0.195. The quantitative estimate of drug-likeness (QED) is 0.565. The number of hydrogen-bond acceptors (Lipinski definition) is 5. The highest BCUT2D eigenvalue weighted by Gasteiger charge is 2.87. The summed E-state index contributed by atoms with van der Waals surface area (Å²) in [6.07, 6.45) is 7.86. The van der Waals surface area contributed by atoms with Crippen molar-refractivity contribution in [1.29, 1.82) is 0 Å². The van der Waals surface area contributed by atoms with Crippen LogP contribution in [0.2, 0.25) is 0 Å². The maximum atomic E-state index is 13.9. The van der Waals surface area contributed by atoms with Crippen LogP contribution in [0.5, 0.6) is 0 Å². The molecule has 0 aromatic heterocycles. The summed E-state index contributed by atoms with van der Waals surface area (Å²) in [5.41, 5.74) is -2.36. The molecule has 30 heavy (non-hydrogen) atoms. The van der Waals surface area contributed by atoms with E-state index >= 15 is 0 Å². The van der Waals surface area contributed by atoms with Crippen LogP contribution in [0.25, 0.3) is 0 Å². The molecule has 2 aliphatic heterocycles. The van der Waals surface area contributed by atoms with Crippen LogP contribution in [-0.2, 0) is 23.9 Å². The van der Waals surface area contributed by atoms with E-state index in [1.807, 2.05) is 13.8 Å². The van der Waals surface area contributed by atoms with Crippen molar-refractivity contribution in [3.63, 3.8) is 0 Å². The number of ketones is 1. The molecule has 4 bridgehead atoms. The van der Waals surface area contributed by atoms with Crippen LogP contribution in [0, 0.1) is 44.8 Å². The van der Waals surface area contributed by atoms with Gasteiger partial charge in [0.25, 0.3) is 0 Å². The van der Waals surface area contributed by atoms with Gasteiger partial charge in [-0.05, 0) is 62.7 Å². The van der Waals surface area contributed by atoms with E-state index in [1.165, 1.54) is 0 Å². The zero-order chi connectivity index (χ0) is 21.5. The van der Waals surface area contributed by atoms with E-state index in [1.54, 1.807) is 6.08 Å². The monoisotopic (exact) mass is 412 g/mol. The van der Waals surface area contributed by atoms with Crippen LogP contribution in [0.1, 0.15) is 66.7 Å². The average molecular weight is 413 g/mol. The smallest absolute Gasteiger partial charge is 0.330 e. The second kappa shape index (κ2) is 4.88. The molecule has 0 N–H and O–H groups in total. The Labute approximate surface area is 177 Å². The van der Waals surface area contributed by atoms with Gasteiger partial charge in [0.1, 0.15) is 11.4 Å². The second-order valence-electron chi connectivity index (χ2n) is 12.5. The Balaban J connectivity index is 1.61. The van der Waals surface area contributed by atoms with Crippen molar-refractivity contribution < 1.29 is 23.9 Å². The molecule has 0 aromatic rings. The molecule has 1 saturated heterocycles. The summed E-state index contributed by atoms with van der Waals surface area (Å²) in [5, 5.41) is 0. The van der Waals surface area contributed by atoms with Gasteiger partial charge in [-0.3, -0.25) is 9.59 Å². The van der Waals surface area contributed by atoms with Gasteiger partial charge in [0.15, 0.2) is 0 Å². The Hall–Kier alpha value is -1.65. The molecule has 6 fully saturated rings. The van der Waals surface area contributed by atoms with E-state index in [4.69, 9.17) is 9.47 Å². The average Bonchev–Trinajstić information content (AvgIpc) is 3.05. The first-order chi connectivity index (χ1) is 13.9. The number of rotatable bonds is 0. The van der Waals surface area contributed by atoms with Crippen molar-refractivity contribution in [2.45, 2.75) is 72.3 Å². The number of allylic oxidation sites excluding steroid dienone is 1. The fourth-order valence-electron chi connectivity index (χ4n) is 10.4. The summed E-state index contributed by atoms with van der Waals surface area (Å²) >= 11 is 0. The maximum Gasteiger partial charge on any atom is 0.330 e. The van der Waals surface area contributed by atoms with E-state index in [2.05, 4.69) is 26.8 Å². The summed E-state index contributed by atoms with van der Waals surface area (Å²) in [6.45, 7) is 11.0. The fourth-order valence-corrected chi connectivity index (χ4v) is 10.4. The van der Waals surface area contributed by atoms with Gasteiger partial charge in [-0.1, -0.05) is 26.8 Å². The molecule has 0 aromatic carbocycles. The third-order valence-corrected chi connectivity index (χ3v) is 11.0. The zero-order valence-electron chi connectivity index (χ0n) is 18.7. The molecule has 7 aliphatic rings. The lowest BCUT2D eigenvalue weighted by Crippen LogP contribution is -2.70. The first kappa shape index (κ1) is 19.1. The van der Waals surface area contributed by atoms with E-state index in [0.29, 0.717) is 18.8 Å². The molecule has 162 valence electrons. The fraction of sp³-hybridized carbons (Fsp3) is 0.800. The molecule has 2 heterocycles. The van der Waals surface area contributed by atoms with Crippen molar-refractivity contribution in [2.24, 2.45) is 44.8 Å². The molecule has 5 aliphatic carbocycles. The van der Waals surface area contributed by atoms with E-state index in [9.17, 15) is 14.4 Å². The lowest BCUT2D eigenvalue weighted by Gasteiger charge is -2.68. The highest BCUT2D eigenvalue weighted by Crippen LogP contribution is 2.86. The van der Waals surface area contributed by atoms with Gasteiger partial charge in [-0.2, -0.15) is 0 Å². The third kappa shape index (κ3) is 1.65. The molecule has 5 heteroatoms. The molecule has 0 amide bonds. The van der Waals surface area contributed by atoms with Gasteiger partial charge in [0, 0.05) is 28.2 Å². The van der Waals surface area contributed by atoms with Crippen LogP contribution in [0.15, 0.2) is 12.2 Å². The highest BCUT2D eigenvalue weighted by atomic mass is 16.6. The number of esters is 2. The molecule has 8 unspecified atom stereocenters. The Morgan fingerprint density at radius 3 is 2.47 bits per heavy atom. The largest absolute Gasteiger partial charge is 0.465 e. The normalized spacial score (nSPS) is 57.2. The first-order valence-electron chi connectivity index (χ1n) is 11.5. The van der Waals surface area contributed by atoms with Gasteiger partial charge in [-0.25, -0.2) is 4.79 Å². The van der Waals surface area contributed by atoms with Crippen LogP contribution in [0.3, 0.4) is 0 Å². The molecule has 5 nitrogen and oxygen atoms in total. The standard InChI is InChI=1S/C25H32O5/c1-20(2)15-6-9-24-12-21(3)10-14-18(27)29-13-25(14,24)23(5,19(21)28)11-16(24)22(15,4)8-7-17(26)30-20/h7-8,14-16H,6,9-13H2,1-5H3. The Kier molecular flexibility index (Phi) is 3.10. The SMILES string of the molecule is CC12CC3C(=O)OCC34C(C)(CC3C5(C)C=CC(=O)OC(C)(C)C5CCC34C1)C2=O. The number of fused-ring (bicyclic) bond motifs is 2. The molecule has 7 rings (SSSR count). The predicted octanol–water partition coefficient (Wildman–Crippen LogP) is 3.85. The predicted molar refractivity (Wildman–Crippen MR) is 108 cm³/mol. The maximum absolute atomic E-state index is 13.9. The van der Waals surface area contributed by atoms with E-state index < -0.39 is 21.8 Å². The Morgan fingerprint density at radius 1 is 1.00 bits per heavy atom. The lowest BCUT2D eigenvalue weighted by atomic mass is 9.32. The van der Waals surface area contributed by atoms with Crippen LogP contribution < -0.4 is 0 Å². The molecular weight excluding hydrogens is 380 g/mol. The van der Waals surface area contributed by atoms with Crippen LogP contribution in [-0.4, -0.2) is 29.9 Å². The number of carbonyl (C=O) groups excluding carboxylic acids is 3. The number of ether oxygens (including phenoxy) is 2. The van der Waals surface area contributed by atoms with Crippen LogP contribution in [0.4, 0.5) is 0 Å². The molecule has 0 radical (unpaired) electrons. The first-order valence-corrected chi connectivity index (χ1v) is 11.5. The second-order valence-corrected chi connectivity index (χ2v) is 12.5. The summed E-state index contributed by atoms with van der Waals surface area (Å²) in [6, 6.07) is 0. The number of hydrogen-bond donors (Lipinski definition) is 0. The highest BCUT2D eigenvalue weighted by molar-refractivity contribution is 5.97. The number of carbonyl (C=O) groups is 3. The van der Waals surface area contributed by atoms with Gasteiger partial charge in [0.05, 0.1) is 12.5 Å². The van der Waals surface area contributed by atoms with Crippen molar-refractivity contribution in [3.8, 4) is 0 Å². The van der Waals surface area contributed by atoms with Gasteiger partial charge >= 0.3 is 11.9 Å². The van der Waals surface area contributed by atoms with Gasteiger partial charge in [-0.15, -0.1) is 0 Å². The molecule has 8 atom stereocenters. The summed E-state index contributed by atoms with van der Waals surface area (Å²) in [4.78, 5) is 39.2. The lowest BCUT2D eigenvalue weighted by molar-refractivity contribution is -0.222. The summed E-state index contributed by atoms with van der Waals surface area (Å²) < 4.78 is 11.6. The van der Waals surface area contributed by atoms with Crippen molar-refractivity contribution in [1.82, 2.24) is 0 Å². The van der Waals surface area contributed by atoms with Crippen LogP contribution >= 0.6 is 0 Å². The van der Waals surface area contributed by atoms with Crippen molar-refractivity contribution in [3.05, 3.63) is 12.2 Å². The zero-order valence-corrected chi connectivity index (χ0v) is 18.7. The number of Topliss-reactive ketones (excluding diaryl/α,β-unsaturated/α-hetero) is 1. The van der Waals surface area contributed by atoms with E-state index in [-0.39, 0.29) is 40.5 Å². The van der Waals surface area contributed by atoms with E-state index in [0.717, 1.165) is 25.7 Å². The van der Waals surface area contributed by atoms with Gasteiger partial charge < -0.3 is 9.47 Å². The van der Waals surface area contributed by atoms with Crippen molar-refractivity contribution in [2.75, 3.05) is 6.61 Å². The Morgan fingerprint density at radius 2 is 1.73 bits per heavy atom. The molecule has 2 spiro atoms. The molecular formula is C25H32O5. The minimum absolute atomic E-state index is 0.0952. The van der Waals surface area contributed by atoms with Gasteiger partial charge in [0.2, 0.25) is 0 Å². The minimum atomic E-state index is -0.569. The Bertz CT molecular complexity index is 949. The summed E-state index contributed by atoms with van der Waals surface area (Å²) in [7, 11) is 0. The number of cyclic esters (lactones) is 2.